The van der Waals surface area contributed by atoms with E-state index in [1.54, 1.807) is 18.5 Å². The molecule has 86 valence electrons. The highest BCUT2D eigenvalue weighted by Crippen LogP contribution is 2.14. The van der Waals surface area contributed by atoms with Gasteiger partial charge in [0.2, 0.25) is 0 Å². The van der Waals surface area contributed by atoms with Crippen molar-refractivity contribution in [2.24, 2.45) is 0 Å². The lowest BCUT2D eigenvalue weighted by molar-refractivity contribution is 0.0992. The van der Waals surface area contributed by atoms with E-state index < -0.39 is 0 Å². The third-order valence-corrected chi connectivity index (χ3v) is 3.07. The molecule has 0 saturated carbocycles. The highest BCUT2D eigenvalue weighted by molar-refractivity contribution is 9.10. The summed E-state index contributed by atoms with van der Waals surface area (Å²) in [6.45, 7) is 2.02. The molecule has 0 radical (unpaired) electrons. The number of Topliss-reactive ketones (excluding diaryl/α,β-unsaturated/α-hetero) is 1. The van der Waals surface area contributed by atoms with Crippen LogP contribution in [0.1, 0.15) is 21.5 Å². The fourth-order valence-corrected chi connectivity index (χ4v) is 2.01. The number of pyridine rings is 1. The monoisotopic (exact) mass is 289 g/mol. The molecule has 0 aliphatic carbocycles. The molecule has 0 fully saturated rings. The van der Waals surface area contributed by atoms with Crippen LogP contribution in [0.25, 0.3) is 0 Å². The van der Waals surface area contributed by atoms with Gasteiger partial charge in [0, 0.05) is 28.9 Å². The van der Waals surface area contributed by atoms with Crippen LogP contribution >= 0.6 is 15.9 Å². The zero-order valence-corrected chi connectivity index (χ0v) is 11.1. The van der Waals surface area contributed by atoms with Crippen molar-refractivity contribution in [2.75, 3.05) is 0 Å². The molecule has 2 nitrogen and oxygen atoms in total. The molecule has 3 heteroatoms. The topological polar surface area (TPSA) is 30.0 Å². The molecule has 0 bridgehead atoms. The van der Waals surface area contributed by atoms with E-state index in [4.69, 9.17) is 0 Å². The van der Waals surface area contributed by atoms with Gasteiger partial charge in [-0.3, -0.25) is 9.78 Å². The summed E-state index contributed by atoms with van der Waals surface area (Å²) in [5.41, 5.74) is 2.85. The molecule has 1 aromatic heterocycles. The van der Waals surface area contributed by atoms with Gasteiger partial charge in [-0.15, -0.1) is 0 Å². The highest BCUT2D eigenvalue weighted by Gasteiger charge is 2.09. The van der Waals surface area contributed by atoms with Crippen molar-refractivity contribution in [3.63, 3.8) is 0 Å². The van der Waals surface area contributed by atoms with Gasteiger partial charge in [-0.1, -0.05) is 24.3 Å². The van der Waals surface area contributed by atoms with Crippen LogP contribution in [0.4, 0.5) is 0 Å². The largest absolute Gasteiger partial charge is 0.294 e. The lowest BCUT2D eigenvalue weighted by atomic mass is 10.0. The van der Waals surface area contributed by atoms with Gasteiger partial charge in [0.15, 0.2) is 5.78 Å². The van der Waals surface area contributed by atoms with Crippen molar-refractivity contribution >= 4 is 21.7 Å². The maximum atomic E-state index is 12.1. The maximum Gasteiger partial charge on any atom is 0.168 e. The minimum atomic E-state index is 0.0908. The Labute approximate surface area is 109 Å². The fraction of sp³-hybridized carbons (Fsp3) is 0.143. The van der Waals surface area contributed by atoms with E-state index in [2.05, 4.69) is 20.9 Å². The Morgan fingerprint density at radius 1 is 1.29 bits per heavy atom. The first-order chi connectivity index (χ1) is 8.16. The van der Waals surface area contributed by atoms with Gasteiger partial charge in [-0.2, -0.15) is 0 Å². The molecular formula is C14H12BrNO. The van der Waals surface area contributed by atoms with Crippen molar-refractivity contribution in [3.05, 3.63) is 63.9 Å². The van der Waals surface area contributed by atoms with Crippen LogP contribution in [0.3, 0.4) is 0 Å². The average molecular weight is 290 g/mol. The summed E-state index contributed by atoms with van der Waals surface area (Å²) < 4.78 is 0.827. The molecule has 0 amide bonds. The van der Waals surface area contributed by atoms with Crippen LogP contribution in [0, 0.1) is 6.92 Å². The van der Waals surface area contributed by atoms with Crippen LogP contribution in [0.2, 0.25) is 0 Å². The zero-order valence-electron chi connectivity index (χ0n) is 9.48. The Morgan fingerprint density at radius 2 is 2.06 bits per heavy atom. The number of aryl methyl sites for hydroxylation is 1. The number of benzene rings is 1. The minimum absolute atomic E-state index is 0.0908. The summed E-state index contributed by atoms with van der Waals surface area (Å²) in [7, 11) is 0. The number of rotatable bonds is 3. The number of halogens is 1. The van der Waals surface area contributed by atoms with Gasteiger partial charge in [0.25, 0.3) is 0 Å². The first-order valence-electron chi connectivity index (χ1n) is 5.35. The smallest absolute Gasteiger partial charge is 0.168 e. The van der Waals surface area contributed by atoms with Gasteiger partial charge in [-0.25, -0.2) is 0 Å². The SMILES string of the molecule is Cc1ccccc1CC(=O)c1cncc(Br)c1. The third kappa shape index (κ3) is 3.01. The number of hydrogen-bond acceptors (Lipinski definition) is 2. The number of carbonyl (C=O) groups is 1. The number of ketones is 1. The van der Waals surface area contributed by atoms with E-state index in [1.165, 1.54) is 0 Å². The molecule has 0 aliphatic rings. The fourth-order valence-electron chi connectivity index (χ4n) is 1.65. The zero-order chi connectivity index (χ0) is 12.3. The molecule has 0 N–H and O–H groups in total. The van der Waals surface area contributed by atoms with E-state index in [0.29, 0.717) is 12.0 Å². The van der Waals surface area contributed by atoms with Crippen LogP contribution in [0.5, 0.6) is 0 Å². The molecule has 17 heavy (non-hydrogen) atoms. The molecule has 0 spiro atoms. The van der Waals surface area contributed by atoms with Crippen LogP contribution in [0.15, 0.2) is 47.2 Å². The maximum absolute atomic E-state index is 12.1. The van der Waals surface area contributed by atoms with Gasteiger partial charge in [0.1, 0.15) is 0 Å². The second kappa shape index (κ2) is 5.23. The molecular weight excluding hydrogens is 278 g/mol. The number of aromatic nitrogens is 1. The summed E-state index contributed by atoms with van der Waals surface area (Å²) in [5, 5.41) is 0. The standard InChI is InChI=1S/C14H12BrNO/c1-10-4-2-3-5-11(10)7-14(17)12-6-13(15)9-16-8-12/h2-6,8-9H,7H2,1H3. The molecule has 0 aliphatic heterocycles. The van der Waals surface area contributed by atoms with E-state index >= 15 is 0 Å². The van der Waals surface area contributed by atoms with E-state index in [0.717, 1.165) is 15.6 Å². The Balaban J connectivity index is 2.20. The average Bonchev–Trinajstić information content (AvgIpc) is 2.32. The minimum Gasteiger partial charge on any atom is -0.294 e. The molecule has 0 atom stereocenters. The Bertz CT molecular complexity index is 551. The third-order valence-electron chi connectivity index (χ3n) is 2.64. The van der Waals surface area contributed by atoms with Crippen molar-refractivity contribution < 1.29 is 4.79 Å². The summed E-state index contributed by atoms with van der Waals surface area (Å²) in [4.78, 5) is 16.1. The lowest BCUT2D eigenvalue weighted by Gasteiger charge is -2.04. The van der Waals surface area contributed by atoms with E-state index in [-0.39, 0.29) is 5.78 Å². The van der Waals surface area contributed by atoms with E-state index in [1.807, 2.05) is 31.2 Å². The predicted octanol–water partition coefficient (Wildman–Crippen LogP) is 3.58. The second-order valence-corrected chi connectivity index (χ2v) is 4.83. The first kappa shape index (κ1) is 12.0. The normalized spacial score (nSPS) is 10.2. The number of nitrogens with zero attached hydrogens (tertiary/aromatic N) is 1. The molecule has 1 heterocycles. The Morgan fingerprint density at radius 3 is 2.76 bits per heavy atom. The quantitative estimate of drug-likeness (QED) is 0.809. The summed E-state index contributed by atoms with van der Waals surface area (Å²) >= 11 is 3.32. The Kier molecular flexibility index (Phi) is 3.69. The van der Waals surface area contributed by atoms with Crippen molar-refractivity contribution in [3.8, 4) is 0 Å². The summed E-state index contributed by atoms with van der Waals surface area (Å²) in [6.07, 6.45) is 3.70. The van der Waals surface area contributed by atoms with Gasteiger partial charge in [0.05, 0.1) is 0 Å². The molecule has 2 rings (SSSR count). The molecule has 0 unspecified atom stereocenters. The molecule has 0 saturated heterocycles. The number of hydrogen-bond donors (Lipinski definition) is 0. The van der Waals surface area contributed by atoms with Crippen LogP contribution in [-0.2, 0) is 6.42 Å². The van der Waals surface area contributed by atoms with Crippen molar-refractivity contribution in [1.29, 1.82) is 0 Å². The number of carbonyl (C=O) groups excluding carboxylic acids is 1. The highest BCUT2D eigenvalue weighted by atomic mass is 79.9. The van der Waals surface area contributed by atoms with Gasteiger partial charge < -0.3 is 0 Å². The predicted molar refractivity (Wildman–Crippen MR) is 71.2 cm³/mol. The summed E-state index contributed by atoms with van der Waals surface area (Å²) in [5.74, 6) is 0.0908. The molecule has 1 aromatic carbocycles. The van der Waals surface area contributed by atoms with E-state index in [9.17, 15) is 4.79 Å². The van der Waals surface area contributed by atoms with Crippen molar-refractivity contribution in [2.45, 2.75) is 13.3 Å². The lowest BCUT2D eigenvalue weighted by Crippen LogP contribution is -2.05. The first-order valence-corrected chi connectivity index (χ1v) is 6.14. The van der Waals surface area contributed by atoms with Crippen LogP contribution in [-0.4, -0.2) is 10.8 Å². The van der Waals surface area contributed by atoms with Gasteiger partial charge in [-0.05, 0) is 40.0 Å². The summed E-state index contributed by atoms with van der Waals surface area (Å²) in [6, 6.07) is 9.73. The van der Waals surface area contributed by atoms with Crippen molar-refractivity contribution in [1.82, 2.24) is 4.98 Å². The second-order valence-electron chi connectivity index (χ2n) is 3.92. The Hall–Kier alpha value is -1.48. The van der Waals surface area contributed by atoms with Gasteiger partial charge >= 0.3 is 0 Å². The molecule has 2 aromatic rings. The van der Waals surface area contributed by atoms with Crippen LogP contribution < -0.4 is 0 Å².